The second-order valence-corrected chi connectivity index (χ2v) is 21.1. The predicted octanol–water partition coefficient (Wildman–Crippen LogP) is 8.64. The molecular weight excluding hydrogens is 833 g/mol. The van der Waals surface area contributed by atoms with E-state index < -0.39 is 11.7 Å². The van der Waals surface area contributed by atoms with E-state index in [1.54, 1.807) is 0 Å². The number of anilines is 2. The van der Waals surface area contributed by atoms with E-state index in [2.05, 4.69) is 111 Å². The lowest BCUT2D eigenvalue weighted by molar-refractivity contribution is -0.118. The van der Waals surface area contributed by atoms with Gasteiger partial charge in [0.1, 0.15) is 5.76 Å². The molecule has 0 radical (unpaired) electrons. The number of ketones is 1. The van der Waals surface area contributed by atoms with Gasteiger partial charge in [-0.1, -0.05) is 66.2 Å². The van der Waals surface area contributed by atoms with Crippen LogP contribution in [0.15, 0.2) is 57.5 Å². The molecule has 2 unspecified atom stereocenters. The number of carbonyl (C=O) groups excluding carboxylic acids is 5. The Bertz CT molecular complexity index is 2290. The van der Waals surface area contributed by atoms with Crippen molar-refractivity contribution in [2.45, 2.75) is 188 Å². The molecule has 0 aromatic heterocycles. The Labute approximate surface area is 391 Å². The zero-order valence-corrected chi connectivity index (χ0v) is 41.0. The molecule has 1 aromatic carbocycles. The highest BCUT2D eigenvalue weighted by molar-refractivity contribution is 6.42. The van der Waals surface area contributed by atoms with E-state index in [9.17, 15) is 29.1 Å². The first-order valence-electron chi connectivity index (χ1n) is 24.6. The molecule has 7 rings (SSSR count). The fourth-order valence-corrected chi connectivity index (χ4v) is 11.1. The molecule has 6 aliphatic rings. The summed E-state index contributed by atoms with van der Waals surface area (Å²) < 4.78 is 0. The molecule has 1 aromatic rings. The first-order valence-corrected chi connectivity index (χ1v) is 24.6. The largest absolute Gasteiger partial charge is 0.506 e. The summed E-state index contributed by atoms with van der Waals surface area (Å²) in [6, 6.07) is 3.94. The van der Waals surface area contributed by atoms with Gasteiger partial charge in [0.2, 0.25) is 17.6 Å². The molecule has 358 valence electrons. The third kappa shape index (κ3) is 9.56. The number of Topliss-reactive ketones (excluding diaryl/α,β-unsaturated/α-hetero) is 1. The molecule has 14 nitrogen and oxygen atoms in total. The Hall–Kier alpha value is -5.40. The van der Waals surface area contributed by atoms with E-state index in [-0.39, 0.29) is 114 Å². The summed E-state index contributed by atoms with van der Waals surface area (Å²) in [4.78, 5) is 76.7. The normalized spacial score (nSPS) is 24.5. The number of fused-ring (bicyclic) bond motifs is 2. The minimum Gasteiger partial charge on any atom is -0.506 e. The molecule has 0 bridgehead atoms. The van der Waals surface area contributed by atoms with Crippen molar-refractivity contribution in [2.24, 2.45) is 10.4 Å². The third-order valence-corrected chi connectivity index (χ3v) is 15.4. The van der Waals surface area contributed by atoms with Crippen LogP contribution in [-0.4, -0.2) is 94.7 Å². The number of hydrogen-bond donors (Lipinski definition) is 6. The maximum atomic E-state index is 14.8. The van der Waals surface area contributed by atoms with E-state index in [1.165, 1.54) is 12.8 Å². The van der Waals surface area contributed by atoms with Gasteiger partial charge in [0.15, 0.2) is 0 Å². The first kappa shape index (κ1) is 48.5. The van der Waals surface area contributed by atoms with Crippen molar-refractivity contribution in [3.8, 4) is 0 Å². The summed E-state index contributed by atoms with van der Waals surface area (Å²) in [7, 11) is 0. The Morgan fingerprint density at radius 1 is 0.742 bits per heavy atom. The summed E-state index contributed by atoms with van der Waals surface area (Å²) in [5.41, 5.74) is 4.64. The average molecular weight is 907 g/mol. The van der Waals surface area contributed by atoms with Gasteiger partial charge in [-0.15, -0.1) is 0 Å². The van der Waals surface area contributed by atoms with Crippen LogP contribution in [0.25, 0.3) is 5.57 Å². The highest BCUT2D eigenvalue weighted by Gasteiger charge is 2.49. The van der Waals surface area contributed by atoms with Crippen LogP contribution in [0.5, 0.6) is 0 Å². The maximum Gasteiger partial charge on any atom is 0.315 e. The third-order valence-electron chi connectivity index (χ3n) is 15.4. The number of rotatable bonds is 12. The minimum absolute atomic E-state index is 0.00289. The van der Waals surface area contributed by atoms with E-state index >= 15 is 0 Å². The van der Waals surface area contributed by atoms with Gasteiger partial charge in [-0.25, -0.2) is 14.6 Å². The predicted molar refractivity (Wildman–Crippen MR) is 262 cm³/mol. The van der Waals surface area contributed by atoms with Crippen molar-refractivity contribution in [1.82, 2.24) is 26.2 Å². The lowest BCUT2D eigenvalue weighted by atomic mass is 9.73. The summed E-state index contributed by atoms with van der Waals surface area (Å²) >= 11 is 0. The Kier molecular flexibility index (Phi) is 14.3. The van der Waals surface area contributed by atoms with Crippen LogP contribution in [0.2, 0.25) is 0 Å². The fourth-order valence-electron chi connectivity index (χ4n) is 11.1. The number of likely N-dealkylation sites (tertiary alicyclic amines) is 1. The molecular formula is C52H74N8O6. The van der Waals surface area contributed by atoms with Crippen LogP contribution in [0.3, 0.4) is 0 Å². The van der Waals surface area contributed by atoms with Crippen molar-refractivity contribution >= 4 is 52.3 Å². The number of aliphatic imine (C=N–C) groups is 1. The number of nitrogens with zero attached hydrogens (tertiary/aromatic N) is 3. The van der Waals surface area contributed by atoms with Gasteiger partial charge >= 0.3 is 12.1 Å². The summed E-state index contributed by atoms with van der Waals surface area (Å²) in [6.07, 6.45) is 14.2. The number of urea groups is 2. The molecule has 2 aliphatic heterocycles. The highest BCUT2D eigenvalue weighted by atomic mass is 16.3. The Balaban J connectivity index is 1.22. The second kappa shape index (κ2) is 19.4. The Morgan fingerprint density at radius 2 is 1.29 bits per heavy atom. The second-order valence-electron chi connectivity index (χ2n) is 21.1. The molecule has 66 heavy (non-hydrogen) atoms. The van der Waals surface area contributed by atoms with Crippen molar-refractivity contribution in [3.05, 3.63) is 63.6 Å². The Morgan fingerprint density at radius 3 is 1.83 bits per heavy atom. The lowest BCUT2D eigenvalue weighted by Gasteiger charge is -2.34. The smallest absolute Gasteiger partial charge is 0.315 e. The maximum absolute atomic E-state index is 14.8. The SMILES string of the molecule is CC(C)N1C2=CC(=NC(=O)CCNC(=O)NC3CCCCC3)/C(=C3\C(=O)C(c4cc5c(cc4NC(=O)CCNC(=O)NC4CCCCC4)N(C(C)C)C(C)C5(C)C)=C3O)C=C2C(C)(C)C1C. The number of nitrogens with one attached hydrogen (secondary N) is 5. The molecule has 14 heteroatoms. The molecule has 2 atom stereocenters. The van der Waals surface area contributed by atoms with Crippen LogP contribution in [0.1, 0.15) is 157 Å². The summed E-state index contributed by atoms with van der Waals surface area (Å²) in [6.45, 7) is 21.7. The van der Waals surface area contributed by atoms with Crippen LogP contribution in [-0.2, 0) is 19.8 Å². The fraction of sp³-hybridized carbons (Fsp3) is 0.615. The minimum atomic E-state index is -0.470. The summed E-state index contributed by atoms with van der Waals surface area (Å²) in [5.74, 6) is -1.49. The zero-order valence-electron chi connectivity index (χ0n) is 41.0. The molecule has 4 aliphatic carbocycles. The topological polar surface area (TPSA) is 185 Å². The number of hydrogen-bond acceptors (Lipinski definition) is 8. The highest BCUT2D eigenvalue weighted by Crippen LogP contribution is 2.53. The standard InChI is InChI=1S/C52H74N8O6/c1-29(2)59-31(5)51(7,8)37-25-35(39(27-41(37)59)57-43(61)21-23-53-49(65)55-33-17-13-11-14-18-33)45-47(63)46(48(45)64)36-26-38-42(60(30(3)4)32(6)52(38,9)10)28-40(36)58-44(62)22-24-54-50(66)56-34-19-15-12-16-20-34/h25-34,63H,11-24H2,1-10H3,(H,57,61)(H2,53,55,65)(H2,54,56,66)/b46-36-,58-40?. The number of aliphatic hydroxyl groups is 1. The van der Waals surface area contributed by atoms with Crippen molar-refractivity contribution in [2.75, 3.05) is 23.3 Å². The van der Waals surface area contributed by atoms with E-state index in [1.807, 2.05) is 24.3 Å². The number of aliphatic hydroxyl groups excluding tert-OH is 1. The first-order chi connectivity index (χ1) is 31.2. The van der Waals surface area contributed by atoms with E-state index in [0.29, 0.717) is 16.8 Å². The van der Waals surface area contributed by atoms with Crippen LogP contribution >= 0.6 is 0 Å². The van der Waals surface area contributed by atoms with E-state index in [4.69, 9.17) is 0 Å². The van der Waals surface area contributed by atoms with Gasteiger partial charge in [0.05, 0.1) is 22.5 Å². The van der Waals surface area contributed by atoms with Gasteiger partial charge in [0.25, 0.3) is 0 Å². The molecule has 1 saturated heterocycles. The van der Waals surface area contributed by atoms with Gasteiger partial charge in [-0.05, 0) is 103 Å². The lowest BCUT2D eigenvalue weighted by Crippen LogP contribution is -2.43. The molecule has 2 heterocycles. The van der Waals surface area contributed by atoms with Gasteiger partial charge in [-0.3, -0.25) is 14.4 Å². The molecule has 3 fully saturated rings. The van der Waals surface area contributed by atoms with Crippen molar-refractivity contribution in [1.29, 1.82) is 0 Å². The molecule has 2 saturated carbocycles. The van der Waals surface area contributed by atoms with Gasteiger partial charge in [-0.2, -0.15) is 0 Å². The summed E-state index contributed by atoms with van der Waals surface area (Å²) in [5, 5.41) is 27.0. The monoisotopic (exact) mass is 907 g/mol. The van der Waals surface area contributed by atoms with Crippen LogP contribution in [0.4, 0.5) is 21.0 Å². The number of amides is 6. The quantitative estimate of drug-likeness (QED) is 0.113. The molecule has 0 spiro atoms. The average Bonchev–Trinajstić information content (AvgIpc) is 3.57. The number of allylic oxidation sites excluding steroid dienone is 6. The van der Waals surface area contributed by atoms with E-state index in [0.717, 1.165) is 73.9 Å². The van der Waals surface area contributed by atoms with Crippen molar-refractivity contribution < 1.29 is 29.1 Å². The zero-order chi connectivity index (χ0) is 47.8. The van der Waals surface area contributed by atoms with Gasteiger partial charge < -0.3 is 41.5 Å². The van der Waals surface area contributed by atoms with Gasteiger partial charge in [0, 0.05) is 95.5 Å². The van der Waals surface area contributed by atoms with Crippen molar-refractivity contribution in [3.63, 3.8) is 0 Å². The number of benzene rings is 1. The molecule has 6 N–H and O–H groups in total. The number of carbonyl (C=O) groups is 5. The molecule has 6 amide bonds. The van der Waals surface area contributed by atoms with Crippen LogP contribution < -0.4 is 31.5 Å². The van der Waals surface area contributed by atoms with Crippen LogP contribution in [0, 0.1) is 5.41 Å².